The fourth-order valence-corrected chi connectivity index (χ4v) is 5.38. The normalized spacial score (nSPS) is 19.9. The third kappa shape index (κ3) is 4.51. The lowest BCUT2D eigenvalue weighted by Crippen LogP contribution is -2.41. The van der Waals surface area contributed by atoms with Crippen molar-refractivity contribution < 1.29 is 9.31 Å². The van der Waals surface area contributed by atoms with Gasteiger partial charge in [-0.3, -0.25) is 0 Å². The number of allylic oxidation sites excluding steroid dienone is 1. The van der Waals surface area contributed by atoms with E-state index in [0.717, 1.165) is 5.46 Å². The molecule has 0 aromatic heterocycles. The van der Waals surface area contributed by atoms with Crippen LogP contribution in [0, 0.1) is 0 Å². The smallest absolute Gasteiger partial charge is 0.399 e. The molecule has 1 heterocycles. The second kappa shape index (κ2) is 7.66. The molecule has 2 nitrogen and oxygen atoms in total. The molecule has 28 heavy (non-hydrogen) atoms. The standard InChI is InChI=1S/C24H33BO2Si/c1-23(2)24(3,4)27-25(26-23)21-16-13-19(14-17-21)15-18-22(28(5,6)7)20-11-9-8-10-12-20/h8-18,22H,1-7H3/b18-15+. The van der Waals surface area contributed by atoms with Crippen LogP contribution in [0.3, 0.4) is 0 Å². The average Bonchev–Trinajstić information content (AvgIpc) is 2.83. The molecule has 1 aliphatic rings. The summed E-state index contributed by atoms with van der Waals surface area (Å²) in [5.41, 5.74) is 3.57. The van der Waals surface area contributed by atoms with Gasteiger partial charge in [-0.05, 0) is 49.8 Å². The predicted octanol–water partition coefficient (Wildman–Crippen LogP) is 5.66. The Morgan fingerprint density at radius 3 is 1.86 bits per heavy atom. The Kier molecular flexibility index (Phi) is 5.77. The molecular formula is C24H33BO2Si. The van der Waals surface area contributed by atoms with Crippen molar-refractivity contribution in [3.05, 3.63) is 71.8 Å². The molecule has 148 valence electrons. The highest BCUT2D eigenvalue weighted by Crippen LogP contribution is 2.36. The molecule has 0 saturated carbocycles. The van der Waals surface area contributed by atoms with Gasteiger partial charge in [0.25, 0.3) is 0 Å². The molecule has 4 heteroatoms. The molecule has 2 aromatic rings. The maximum absolute atomic E-state index is 6.16. The summed E-state index contributed by atoms with van der Waals surface area (Å²) in [6.45, 7) is 15.6. The van der Waals surface area contributed by atoms with Crippen molar-refractivity contribution in [2.45, 2.75) is 64.1 Å². The summed E-state index contributed by atoms with van der Waals surface area (Å²) in [4.78, 5) is 0. The first-order valence-corrected chi connectivity index (χ1v) is 13.8. The van der Waals surface area contributed by atoms with Gasteiger partial charge in [0.05, 0.1) is 19.3 Å². The Labute approximate surface area is 172 Å². The van der Waals surface area contributed by atoms with Gasteiger partial charge in [0.2, 0.25) is 0 Å². The van der Waals surface area contributed by atoms with Crippen LogP contribution in [0.15, 0.2) is 60.7 Å². The highest BCUT2D eigenvalue weighted by molar-refractivity contribution is 6.78. The minimum Gasteiger partial charge on any atom is -0.399 e. The zero-order valence-corrected chi connectivity index (χ0v) is 19.3. The second-order valence-corrected chi connectivity index (χ2v) is 15.2. The summed E-state index contributed by atoms with van der Waals surface area (Å²) in [6, 6.07) is 19.4. The predicted molar refractivity (Wildman–Crippen MR) is 124 cm³/mol. The Hall–Kier alpha value is -1.62. The number of hydrogen-bond acceptors (Lipinski definition) is 2. The highest BCUT2D eigenvalue weighted by Gasteiger charge is 2.51. The second-order valence-electron chi connectivity index (χ2n) is 9.87. The van der Waals surface area contributed by atoms with E-state index in [9.17, 15) is 0 Å². The van der Waals surface area contributed by atoms with E-state index in [2.05, 4.69) is 114 Å². The third-order valence-electron chi connectivity index (χ3n) is 6.03. The maximum atomic E-state index is 6.16. The van der Waals surface area contributed by atoms with Crippen LogP contribution in [0.2, 0.25) is 19.6 Å². The van der Waals surface area contributed by atoms with Gasteiger partial charge in [0.1, 0.15) is 0 Å². The molecule has 1 atom stereocenters. The van der Waals surface area contributed by atoms with Crippen molar-refractivity contribution in [2.75, 3.05) is 0 Å². The minimum absolute atomic E-state index is 0.304. The van der Waals surface area contributed by atoms with E-state index in [1.165, 1.54) is 11.1 Å². The molecule has 1 unspecified atom stereocenters. The first-order valence-electron chi connectivity index (χ1n) is 10.2. The van der Waals surface area contributed by atoms with Gasteiger partial charge >= 0.3 is 7.12 Å². The molecule has 0 amide bonds. The molecule has 0 radical (unpaired) electrons. The van der Waals surface area contributed by atoms with Crippen LogP contribution in [-0.2, 0) is 9.31 Å². The topological polar surface area (TPSA) is 18.5 Å². The summed E-state index contributed by atoms with van der Waals surface area (Å²) in [6.07, 6.45) is 4.63. The van der Waals surface area contributed by atoms with E-state index < -0.39 is 8.07 Å². The molecular weight excluding hydrogens is 359 g/mol. The van der Waals surface area contributed by atoms with Gasteiger partial charge < -0.3 is 9.31 Å². The third-order valence-corrected chi connectivity index (χ3v) is 8.43. The molecule has 1 saturated heterocycles. The van der Waals surface area contributed by atoms with Crippen molar-refractivity contribution >= 4 is 26.7 Å². The Morgan fingerprint density at radius 2 is 1.36 bits per heavy atom. The molecule has 0 aliphatic carbocycles. The van der Waals surface area contributed by atoms with Crippen LogP contribution in [0.4, 0.5) is 0 Å². The molecule has 1 aliphatic heterocycles. The van der Waals surface area contributed by atoms with Gasteiger partial charge in [-0.25, -0.2) is 0 Å². The van der Waals surface area contributed by atoms with E-state index in [1.807, 2.05) is 0 Å². The average molecular weight is 392 g/mol. The molecule has 0 bridgehead atoms. The van der Waals surface area contributed by atoms with E-state index in [-0.39, 0.29) is 18.3 Å². The van der Waals surface area contributed by atoms with Crippen LogP contribution >= 0.6 is 0 Å². The van der Waals surface area contributed by atoms with Crippen molar-refractivity contribution in [2.24, 2.45) is 0 Å². The molecule has 2 aromatic carbocycles. The molecule has 0 N–H and O–H groups in total. The van der Waals surface area contributed by atoms with Gasteiger partial charge in [-0.1, -0.05) is 86.4 Å². The van der Waals surface area contributed by atoms with Crippen LogP contribution in [0.5, 0.6) is 0 Å². The van der Waals surface area contributed by atoms with Crippen molar-refractivity contribution in [3.8, 4) is 0 Å². The Morgan fingerprint density at radius 1 is 0.821 bits per heavy atom. The fourth-order valence-electron chi connectivity index (χ4n) is 3.51. The van der Waals surface area contributed by atoms with E-state index in [1.54, 1.807) is 0 Å². The van der Waals surface area contributed by atoms with Gasteiger partial charge in [-0.15, -0.1) is 0 Å². The van der Waals surface area contributed by atoms with Gasteiger partial charge in [0, 0.05) is 0 Å². The van der Waals surface area contributed by atoms with Crippen molar-refractivity contribution in [3.63, 3.8) is 0 Å². The number of rotatable bonds is 5. The zero-order valence-electron chi connectivity index (χ0n) is 18.3. The maximum Gasteiger partial charge on any atom is 0.494 e. The van der Waals surface area contributed by atoms with Gasteiger partial charge in [0.15, 0.2) is 0 Å². The summed E-state index contributed by atoms with van der Waals surface area (Å²) >= 11 is 0. The van der Waals surface area contributed by atoms with E-state index in [4.69, 9.17) is 9.31 Å². The minimum atomic E-state index is -1.37. The summed E-state index contributed by atoms with van der Waals surface area (Å²) in [5.74, 6) is 0. The quantitative estimate of drug-likeness (QED) is 0.611. The Balaban J connectivity index is 1.77. The largest absolute Gasteiger partial charge is 0.494 e. The highest BCUT2D eigenvalue weighted by atomic mass is 28.3. The van der Waals surface area contributed by atoms with Crippen LogP contribution in [0.1, 0.15) is 44.4 Å². The fraction of sp³-hybridized carbons (Fsp3) is 0.417. The lowest BCUT2D eigenvalue weighted by atomic mass is 9.79. The monoisotopic (exact) mass is 392 g/mol. The zero-order chi connectivity index (χ0) is 20.6. The van der Waals surface area contributed by atoms with Crippen LogP contribution in [0.25, 0.3) is 6.08 Å². The first-order chi connectivity index (χ1) is 13.0. The van der Waals surface area contributed by atoms with Crippen molar-refractivity contribution in [1.29, 1.82) is 0 Å². The molecule has 0 spiro atoms. The lowest BCUT2D eigenvalue weighted by molar-refractivity contribution is 0.00578. The van der Waals surface area contributed by atoms with E-state index in [0.29, 0.717) is 5.54 Å². The number of hydrogen-bond donors (Lipinski definition) is 0. The van der Waals surface area contributed by atoms with E-state index >= 15 is 0 Å². The summed E-state index contributed by atoms with van der Waals surface area (Å²) in [5, 5.41) is 0. The lowest BCUT2D eigenvalue weighted by Gasteiger charge is -2.32. The number of benzene rings is 2. The van der Waals surface area contributed by atoms with Crippen LogP contribution < -0.4 is 5.46 Å². The summed E-state index contributed by atoms with van der Waals surface area (Å²) in [7, 11) is -1.68. The molecule has 1 fully saturated rings. The Bertz CT molecular complexity index is 804. The molecule has 3 rings (SSSR count). The SMILES string of the molecule is CC1(C)OB(c2ccc(/C=C/C(c3ccccc3)[Si](C)(C)C)cc2)OC1(C)C. The van der Waals surface area contributed by atoms with Crippen molar-refractivity contribution in [1.82, 2.24) is 0 Å². The van der Waals surface area contributed by atoms with Gasteiger partial charge in [-0.2, -0.15) is 0 Å². The van der Waals surface area contributed by atoms with Crippen LogP contribution in [-0.4, -0.2) is 26.4 Å². The summed E-state index contributed by atoms with van der Waals surface area (Å²) < 4.78 is 12.3. The first kappa shape index (κ1) is 21.1.